The average molecular weight is 203 g/mol. The van der Waals surface area contributed by atoms with Crippen LogP contribution in [-0.4, -0.2) is 10.1 Å². The minimum Gasteiger partial charge on any atom is -0.392 e. The topological polar surface area (TPSA) is 33.1 Å². The van der Waals surface area contributed by atoms with Crippen molar-refractivity contribution in [2.45, 2.75) is 6.61 Å². The van der Waals surface area contributed by atoms with E-state index in [0.29, 0.717) is 5.69 Å². The number of hydrogen-bond donors (Lipinski definition) is 1. The summed E-state index contributed by atoms with van der Waals surface area (Å²) in [7, 11) is 0. The quantitative estimate of drug-likeness (QED) is 0.812. The highest BCUT2D eigenvalue weighted by molar-refractivity contribution is 5.58. The Balaban J connectivity index is 2.37. The average Bonchev–Trinajstić information content (AvgIpc) is 2.29. The van der Waals surface area contributed by atoms with Gasteiger partial charge < -0.3 is 5.11 Å². The van der Waals surface area contributed by atoms with E-state index >= 15 is 0 Å². The van der Waals surface area contributed by atoms with Gasteiger partial charge in [0.2, 0.25) is 0 Å². The molecular weight excluding hydrogens is 193 g/mol. The molecular formula is C12H10FNO. The summed E-state index contributed by atoms with van der Waals surface area (Å²) in [6.45, 7) is -0.0313. The summed E-state index contributed by atoms with van der Waals surface area (Å²) in [6, 6.07) is 9.80. The molecule has 0 radical (unpaired) electrons. The maximum absolute atomic E-state index is 12.9. The van der Waals surface area contributed by atoms with Crippen LogP contribution in [0.25, 0.3) is 11.3 Å². The predicted octanol–water partition coefficient (Wildman–Crippen LogP) is 2.38. The number of halogens is 1. The lowest BCUT2D eigenvalue weighted by Crippen LogP contribution is -1.88. The summed E-state index contributed by atoms with van der Waals surface area (Å²) in [5, 5.41) is 8.84. The van der Waals surface area contributed by atoms with E-state index in [-0.39, 0.29) is 12.4 Å². The van der Waals surface area contributed by atoms with Crippen molar-refractivity contribution in [1.29, 1.82) is 0 Å². The maximum Gasteiger partial charge on any atom is 0.123 e. The lowest BCUT2D eigenvalue weighted by atomic mass is 10.1. The molecule has 0 bridgehead atoms. The largest absolute Gasteiger partial charge is 0.392 e. The second kappa shape index (κ2) is 4.19. The van der Waals surface area contributed by atoms with E-state index in [1.807, 2.05) is 0 Å². The van der Waals surface area contributed by atoms with Crippen LogP contribution in [0.2, 0.25) is 0 Å². The third-order valence-corrected chi connectivity index (χ3v) is 2.13. The van der Waals surface area contributed by atoms with Gasteiger partial charge in [0.1, 0.15) is 5.82 Å². The van der Waals surface area contributed by atoms with E-state index in [1.165, 1.54) is 12.1 Å². The van der Waals surface area contributed by atoms with Gasteiger partial charge in [-0.2, -0.15) is 0 Å². The number of benzene rings is 1. The Morgan fingerprint density at radius 1 is 1.20 bits per heavy atom. The summed E-state index contributed by atoms with van der Waals surface area (Å²) >= 11 is 0. The van der Waals surface area contributed by atoms with Gasteiger partial charge >= 0.3 is 0 Å². The number of aliphatic hydroxyl groups excluding tert-OH is 1. The summed E-state index contributed by atoms with van der Waals surface area (Å²) < 4.78 is 12.9. The van der Waals surface area contributed by atoms with Crippen LogP contribution in [0.3, 0.4) is 0 Å². The van der Waals surface area contributed by atoms with E-state index < -0.39 is 0 Å². The van der Waals surface area contributed by atoms with Gasteiger partial charge in [0.05, 0.1) is 12.3 Å². The van der Waals surface area contributed by atoms with Crippen molar-refractivity contribution in [3.63, 3.8) is 0 Å². The smallest absolute Gasteiger partial charge is 0.123 e. The molecule has 0 aliphatic carbocycles. The van der Waals surface area contributed by atoms with Crippen LogP contribution >= 0.6 is 0 Å². The zero-order chi connectivity index (χ0) is 10.7. The van der Waals surface area contributed by atoms with Gasteiger partial charge in [0.15, 0.2) is 0 Å². The first-order valence-corrected chi connectivity index (χ1v) is 4.61. The lowest BCUT2D eigenvalue weighted by molar-refractivity contribution is 0.281. The zero-order valence-corrected chi connectivity index (χ0v) is 8.02. The molecule has 15 heavy (non-hydrogen) atoms. The minimum absolute atomic E-state index is 0.0313. The van der Waals surface area contributed by atoms with Crippen molar-refractivity contribution in [3.05, 3.63) is 54.0 Å². The van der Waals surface area contributed by atoms with Crippen LogP contribution in [0.15, 0.2) is 42.6 Å². The van der Waals surface area contributed by atoms with Gasteiger partial charge in [-0.3, -0.25) is 4.98 Å². The van der Waals surface area contributed by atoms with Crippen LogP contribution in [0.1, 0.15) is 5.56 Å². The fourth-order valence-corrected chi connectivity index (χ4v) is 1.34. The number of rotatable bonds is 2. The van der Waals surface area contributed by atoms with Crippen LogP contribution in [-0.2, 0) is 6.61 Å². The Morgan fingerprint density at radius 2 is 2.07 bits per heavy atom. The number of aliphatic hydroxyl groups is 1. The third-order valence-electron chi connectivity index (χ3n) is 2.13. The van der Waals surface area contributed by atoms with E-state index in [2.05, 4.69) is 4.98 Å². The standard InChI is InChI=1S/C12H10FNO/c13-11-3-1-2-10(6-11)12-5-4-9(8-15)7-14-12/h1-7,15H,8H2. The van der Waals surface area contributed by atoms with Gasteiger partial charge in [-0.1, -0.05) is 18.2 Å². The first kappa shape index (κ1) is 9.80. The van der Waals surface area contributed by atoms with Crippen molar-refractivity contribution < 1.29 is 9.50 Å². The van der Waals surface area contributed by atoms with Crippen LogP contribution < -0.4 is 0 Å². The molecule has 0 unspecified atom stereocenters. The first-order valence-electron chi connectivity index (χ1n) is 4.61. The van der Waals surface area contributed by atoms with Crippen molar-refractivity contribution in [1.82, 2.24) is 4.98 Å². The maximum atomic E-state index is 12.9. The van der Waals surface area contributed by atoms with E-state index in [4.69, 9.17) is 5.11 Å². The van der Waals surface area contributed by atoms with E-state index in [0.717, 1.165) is 11.1 Å². The molecule has 0 saturated carbocycles. The second-order valence-corrected chi connectivity index (χ2v) is 3.22. The van der Waals surface area contributed by atoms with Crippen molar-refractivity contribution in [2.24, 2.45) is 0 Å². The molecule has 2 nitrogen and oxygen atoms in total. The van der Waals surface area contributed by atoms with E-state index in [9.17, 15) is 4.39 Å². The lowest BCUT2D eigenvalue weighted by Gasteiger charge is -2.01. The SMILES string of the molecule is OCc1ccc(-c2cccc(F)c2)nc1. The van der Waals surface area contributed by atoms with Crippen LogP contribution in [0.5, 0.6) is 0 Å². The first-order chi connectivity index (χ1) is 7.29. The second-order valence-electron chi connectivity index (χ2n) is 3.22. The zero-order valence-electron chi connectivity index (χ0n) is 8.02. The molecule has 0 atom stereocenters. The number of aromatic nitrogens is 1. The molecule has 2 aromatic rings. The molecule has 1 aromatic heterocycles. The highest BCUT2D eigenvalue weighted by Gasteiger charge is 2.00. The molecule has 1 N–H and O–H groups in total. The Hall–Kier alpha value is -1.74. The summed E-state index contributed by atoms with van der Waals surface area (Å²) in [5.74, 6) is -0.277. The number of hydrogen-bond acceptors (Lipinski definition) is 2. The predicted molar refractivity (Wildman–Crippen MR) is 55.6 cm³/mol. The molecule has 0 amide bonds. The van der Waals surface area contributed by atoms with Crippen LogP contribution in [0, 0.1) is 5.82 Å². The highest BCUT2D eigenvalue weighted by Crippen LogP contribution is 2.17. The van der Waals surface area contributed by atoms with Crippen LogP contribution in [0.4, 0.5) is 4.39 Å². The Morgan fingerprint density at radius 3 is 2.67 bits per heavy atom. The summed E-state index contributed by atoms with van der Waals surface area (Å²) in [5.41, 5.74) is 2.18. The van der Waals surface area contributed by atoms with Gasteiger partial charge in [-0.25, -0.2) is 4.39 Å². The minimum atomic E-state index is -0.277. The highest BCUT2D eigenvalue weighted by atomic mass is 19.1. The Kier molecular flexibility index (Phi) is 2.74. The molecule has 1 aromatic carbocycles. The number of pyridine rings is 1. The Bertz CT molecular complexity index is 453. The van der Waals surface area contributed by atoms with Gasteiger partial charge in [0, 0.05) is 11.8 Å². The molecule has 0 saturated heterocycles. The van der Waals surface area contributed by atoms with Gasteiger partial charge in [0.25, 0.3) is 0 Å². The molecule has 0 fully saturated rings. The van der Waals surface area contributed by atoms with Crippen molar-refractivity contribution in [2.75, 3.05) is 0 Å². The van der Waals surface area contributed by atoms with Gasteiger partial charge in [-0.05, 0) is 23.8 Å². The molecule has 3 heteroatoms. The molecule has 0 spiro atoms. The van der Waals surface area contributed by atoms with Gasteiger partial charge in [-0.15, -0.1) is 0 Å². The fraction of sp³-hybridized carbons (Fsp3) is 0.0833. The third kappa shape index (κ3) is 2.19. The Labute approximate surface area is 87.0 Å². The van der Waals surface area contributed by atoms with E-state index in [1.54, 1.807) is 30.5 Å². The molecule has 0 aliphatic heterocycles. The molecule has 0 aliphatic rings. The van der Waals surface area contributed by atoms with Crippen molar-refractivity contribution >= 4 is 0 Å². The summed E-state index contributed by atoms with van der Waals surface area (Å²) in [4.78, 5) is 4.13. The summed E-state index contributed by atoms with van der Waals surface area (Å²) in [6.07, 6.45) is 1.58. The monoisotopic (exact) mass is 203 g/mol. The van der Waals surface area contributed by atoms with Crippen molar-refractivity contribution in [3.8, 4) is 11.3 Å². The normalized spacial score (nSPS) is 10.3. The number of nitrogens with zero attached hydrogens (tertiary/aromatic N) is 1. The fourth-order valence-electron chi connectivity index (χ4n) is 1.34. The molecule has 2 rings (SSSR count). The molecule has 76 valence electrons. The molecule has 1 heterocycles.